The van der Waals surface area contributed by atoms with Gasteiger partial charge in [0.1, 0.15) is 5.82 Å². The van der Waals surface area contributed by atoms with Crippen molar-refractivity contribution in [2.75, 3.05) is 18.4 Å². The van der Waals surface area contributed by atoms with Gasteiger partial charge in [-0.1, -0.05) is 30.1 Å². The van der Waals surface area contributed by atoms with Crippen molar-refractivity contribution in [1.29, 1.82) is 0 Å². The molecule has 0 saturated carbocycles. The summed E-state index contributed by atoms with van der Waals surface area (Å²) in [6.07, 6.45) is 1.51. The first-order valence-electron chi connectivity index (χ1n) is 6.00. The van der Waals surface area contributed by atoms with Gasteiger partial charge in [0.05, 0.1) is 10.0 Å². The van der Waals surface area contributed by atoms with E-state index >= 15 is 0 Å². The Hall–Kier alpha value is -0.460. The number of aromatic nitrogens is 1. The van der Waals surface area contributed by atoms with Crippen LogP contribution >= 0.6 is 48.0 Å². The maximum atomic E-state index is 11.6. The van der Waals surface area contributed by atoms with Crippen LogP contribution in [0.25, 0.3) is 0 Å². The molecule has 0 aliphatic carbocycles. The highest BCUT2D eigenvalue weighted by atomic mass is 35.5. The fourth-order valence-corrected chi connectivity index (χ4v) is 1.76. The zero-order valence-electron chi connectivity index (χ0n) is 11.7. The van der Waals surface area contributed by atoms with E-state index in [1.165, 1.54) is 6.20 Å². The lowest BCUT2D eigenvalue weighted by molar-refractivity contribution is -0.124. The fraction of sp³-hybridized carbons (Fsp3) is 0.500. The summed E-state index contributed by atoms with van der Waals surface area (Å²) in [7, 11) is 0. The Morgan fingerprint density at radius 3 is 2.48 bits per heavy atom. The van der Waals surface area contributed by atoms with Gasteiger partial charge in [-0.2, -0.15) is 0 Å². The summed E-state index contributed by atoms with van der Waals surface area (Å²) in [6.45, 7) is 4.59. The molecule has 2 unspecified atom stereocenters. The van der Waals surface area contributed by atoms with Crippen LogP contribution in [0.2, 0.25) is 10.0 Å². The van der Waals surface area contributed by atoms with Gasteiger partial charge in [0, 0.05) is 31.2 Å². The van der Waals surface area contributed by atoms with Gasteiger partial charge in [0.15, 0.2) is 0 Å². The highest BCUT2D eigenvalue weighted by molar-refractivity contribution is 6.35. The van der Waals surface area contributed by atoms with Gasteiger partial charge in [-0.25, -0.2) is 4.98 Å². The number of carbonyl (C=O) groups is 1. The van der Waals surface area contributed by atoms with Crippen LogP contribution in [0.3, 0.4) is 0 Å². The highest BCUT2D eigenvalue weighted by Crippen LogP contribution is 2.21. The van der Waals surface area contributed by atoms with Crippen molar-refractivity contribution in [3.8, 4) is 0 Å². The maximum Gasteiger partial charge on any atom is 0.224 e. The molecular weight excluding hydrogens is 358 g/mol. The molecule has 0 aliphatic rings. The number of nitrogens with one attached hydrogen (secondary N) is 2. The third kappa shape index (κ3) is 7.93. The topological polar surface area (TPSA) is 80.0 Å². The molecule has 122 valence electrons. The lowest BCUT2D eigenvalue weighted by Crippen LogP contribution is -2.40. The molecule has 0 aromatic carbocycles. The van der Waals surface area contributed by atoms with E-state index in [0.717, 1.165) is 0 Å². The Bertz CT molecular complexity index is 445. The van der Waals surface area contributed by atoms with Crippen molar-refractivity contribution in [3.63, 3.8) is 0 Å². The lowest BCUT2D eigenvalue weighted by Gasteiger charge is -2.15. The summed E-state index contributed by atoms with van der Waals surface area (Å²) in [5.74, 6) is 0.268. The number of hydrogen-bond acceptors (Lipinski definition) is 4. The molecule has 1 rings (SSSR count). The van der Waals surface area contributed by atoms with Crippen molar-refractivity contribution >= 4 is 59.7 Å². The molecule has 2 atom stereocenters. The first kappa shape index (κ1) is 22.8. The average Bonchev–Trinajstić information content (AvgIpc) is 2.35. The zero-order valence-corrected chi connectivity index (χ0v) is 14.9. The number of halogens is 4. The van der Waals surface area contributed by atoms with E-state index in [0.29, 0.717) is 29.0 Å². The van der Waals surface area contributed by atoms with Crippen molar-refractivity contribution in [2.24, 2.45) is 11.7 Å². The molecule has 5 nitrogen and oxygen atoms in total. The molecule has 0 saturated heterocycles. The molecule has 0 bridgehead atoms. The SMILES string of the molecule is CC(N)C(C)C(=O)NCCNc1ncc(Cl)cc1Cl.Cl.Cl. The monoisotopic (exact) mass is 376 g/mol. The van der Waals surface area contributed by atoms with Crippen LogP contribution in [0.1, 0.15) is 13.8 Å². The molecule has 9 heteroatoms. The standard InChI is InChI=1S/C12H18Cl2N4O.2ClH/c1-7(8(2)15)12(19)17-4-3-16-11-10(14)5-9(13)6-18-11;;/h5-8H,3-4,15H2,1-2H3,(H,16,18)(H,17,19);2*1H. The third-order valence-corrected chi connectivity index (χ3v) is 3.22. The van der Waals surface area contributed by atoms with Gasteiger partial charge in [0.2, 0.25) is 5.91 Å². The summed E-state index contributed by atoms with van der Waals surface area (Å²) in [5, 5.41) is 6.73. The molecule has 0 radical (unpaired) electrons. The molecule has 1 amide bonds. The zero-order chi connectivity index (χ0) is 14.4. The van der Waals surface area contributed by atoms with Crippen molar-refractivity contribution in [1.82, 2.24) is 10.3 Å². The summed E-state index contributed by atoms with van der Waals surface area (Å²) in [6, 6.07) is 1.44. The summed E-state index contributed by atoms with van der Waals surface area (Å²) in [4.78, 5) is 15.7. The first-order valence-corrected chi connectivity index (χ1v) is 6.75. The highest BCUT2D eigenvalue weighted by Gasteiger charge is 2.15. The molecular formula is C12H20Cl4N4O. The minimum atomic E-state index is -0.211. The van der Waals surface area contributed by atoms with Gasteiger partial charge in [-0.05, 0) is 13.0 Å². The second kappa shape index (κ2) is 11.2. The Balaban J connectivity index is 0. The number of nitrogens with two attached hydrogens (primary N) is 1. The van der Waals surface area contributed by atoms with Crippen LogP contribution in [0.15, 0.2) is 12.3 Å². The molecule has 0 fully saturated rings. The number of carbonyl (C=O) groups excluding carboxylic acids is 1. The van der Waals surface area contributed by atoms with E-state index in [4.69, 9.17) is 28.9 Å². The van der Waals surface area contributed by atoms with Gasteiger partial charge in [-0.15, -0.1) is 24.8 Å². The average molecular weight is 378 g/mol. The molecule has 0 aliphatic heterocycles. The van der Waals surface area contributed by atoms with Crippen molar-refractivity contribution in [3.05, 3.63) is 22.3 Å². The van der Waals surface area contributed by atoms with Gasteiger partial charge in [0.25, 0.3) is 0 Å². The Labute approximate surface area is 147 Å². The summed E-state index contributed by atoms with van der Waals surface area (Å²) < 4.78 is 0. The minimum Gasteiger partial charge on any atom is -0.367 e. The van der Waals surface area contributed by atoms with E-state index in [1.807, 2.05) is 0 Å². The number of rotatable bonds is 6. The Kier molecular flexibility index (Phi) is 12.1. The normalized spacial score (nSPS) is 12.4. The molecule has 21 heavy (non-hydrogen) atoms. The van der Waals surface area contributed by atoms with E-state index in [2.05, 4.69) is 15.6 Å². The molecule has 1 aromatic heterocycles. The minimum absolute atomic E-state index is 0. The lowest BCUT2D eigenvalue weighted by atomic mass is 10.0. The number of hydrogen-bond donors (Lipinski definition) is 3. The van der Waals surface area contributed by atoms with E-state index < -0.39 is 0 Å². The Morgan fingerprint density at radius 2 is 1.95 bits per heavy atom. The van der Waals surface area contributed by atoms with Crippen LogP contribution in [-0.2, 0) is 4.79 Å². The van der Waals surface area contributed by atoms with Gasteiger partial charge >= 0.3 is 0 Å². The number of anilines is 1. The van der Waals surface area contributed by atoms with Crippen molar-refractivity contribution in [2.45, 2.75) is 19.9 Å². The number of nitrogens with zero attached hydrogens (tertiary/aromatic N) is 1. The first-order chi connectivity index (χ1) is 8.91. The van der Waals surface area contributed by atoms with Crippen LogP contribution < -0.4 is 16.4 Å². The smallest absolute Gasteiger partial charge is 0.224 e. The van der Waals surface area contributed by atoms with Crippen LogP contribution in [0, 0.1) is 5.92 Å². The molecule has 1 aromatic rings. The van der Waals surface area contributed by atoms with E-state index in [-0.39, 0.29) is 42.7 Å². The van der Waals surface area contributed by atoms with Crippen LogP contribution in [0.4, 0.5) is 5.82 Å². The third-order valence-electron chi connectivity index (χ3n) is 2.73. The fourth-order valence-electron chi connectivity index (χ4n) is 1.31. The largest absolute Gasteiger partial charge is 0.367 e. The van der Waals surface area contributed by atoms with E-state index in [9.17, 15) is 4.79 Å². The number of pyridine rings is 1. The second-order valence-corrected chi connectivity index (χ2v) is 5.19. The molecule has 1 heterocycles. The number of amides is 1. The van der Waals surface area contributed by atoms with Gasteiger partial charge < -0.3 is 16.4 Å². The maximum absolute atomic E-state index is 11.6. The summed E-state index contributed by atoms with van der Waals surface area (Å²) >= 11 is 11.7. The Morgan fingerprint density at radius 1 is 1.33 bits per heavy atom. The summed E-state index contributed by atoms with van der Waals surface area (Å²) in [5.41, 5.74) is 5.65. The van der Waals surface area contributed by atoms with Crippen LogP contribution in [0.5, 0.6) is 0 Å². The van der Waals surface area contributed by atoms with Crippen LogP contribution in [-0.4, -0.2) is 30.0 Å². The van der Waals surface area contributed by atoms with Gasteiger partial charge in [-0.3, -0.25) is 4.79 Å². The van der Waals surface area contributed by atoms with E-state index in [1.54, 1.807) is 19.9 Å². The predicted octanol–water partition coefficient (Wildman–Crippen LogP) is 2.74. The predicted molar refractivity (Wildman–Crippen MR) is 93.1 cm³/mol. The van der Waals surface area contributed by atoms with Crippen molar-refractivity contribution < 1.29 is 4.79 Å². The molecule has 4 N–H and O–H groups in total. The molecule has 0 spiro atoms. The second-order valence-electron chi connectivity index (χ2n) is 4.35. The quantitative estimate of drug-likeness (QED) is 0.666.